The Morgan fingerprint density at radius 3 is 2.40 bits per heavy atom. The maximum Gasteiger partial charge on any atom is 0.0519 e. The number of piperazine rings is 1. The number of rotatable bonds is 4. The molecular weight excluding hydrogens is 266 g/mol. The van der Waals surface area contributed by atoms with Gasteiger partial charge in [-0.2, -0.15) is 0 Å². The quantitative estimate of drug-likeness (QED) is 0.938. The van der Waals surface area contributed by atoms with E-state index in [1.165, 1.54) is 10.6 Å². The average molecular weight is 287 g/mol. The van der Waals surface area contributed by atoms with Gasteiger partial charge in [0, 0.05) is 43.3 Å². The van der Waals surface area contributed by atoms with E-state index in [4.69, 9.17) is 5.73 Å². The van der Waals surface area contributed by atoms with Gasteiger partial charge in [-0.05, 0) is 23.6 Å². The second kappa shape index (κ2) is 6.39. The second-order valence-corrected chi connectivity index (χ2v) is 6.22. The molecule has 1 fully saturated rings. The van der Waals surface area contributed by atoms with Crippen molar-refractivity contribution in [2.24, 2.45) is 5.73 Å². The van der Waals surface area contributed by atoms with Gasteiger partial charge in [0.05, 0.1) is 6.04 Å². The third-order valence-electron chi connectivity index (χ3n) is 3.86. The highest BCUT2D eigenvalue weighted by molar-refractivity contribution is 7.10. The molecule has 1 aromatic heterocycles. The van der Waals surface area contributed by atoms with E-state index < -0.39 is 0 Å². The Hall–Kier alpha value is -1.36. The third kappa shape index (κ3) is 3.20. The molecule has 4 heteroatoms. The summed E-state index contributed by atoms with van der Waals surface area (Å²) in [5, 5.41) is 2.10. The lowest BCUT2D eigenvalue weighted by molar-refractivity contribution is 0.244. The fraction of sp³-hybridized carbons (Fsp3) is 0.375. The van der Waals surface area contributed by atoms with E-state index in [2.05, 4.69) is 57.6 Å². The molecule has 2 aromatic rings. The van der Waals surface area contributed by atoms with Crippen molar-refractivity contribution in [1.29, 1.82) is 0 Å². The molecule has 2 N–H and O–H groups in total. The summed E-state index contributed by atoms with van der Waals surface area (Å²) in [5.74, 6) is 0. The molecule has 3 rings (SSSR count). The monoisotopic (exact) mass is 287 g/mol. The number of nitrogens with zero attached hydrogens (tertiary/aromatic N) is 2. The van der Waals surface area contributed by atoms with Gasteiger partial charge >= 0.3 is 0 Å². The van der Waals surface area contributed by atoms with Crippen LogP contribution in [0.5, 0.6) is 0 Å². The molecule has 3 nitrogen and oxygen atoms in total. The van der Waals surface area contributed by atoms with Gasteiger partial charge in [-0.25, -0.2) is 0 Å². The van der Waals surface area contributed by atoms with Gasteiger partial charge < -0.3 is 10.6 Å². The Balaban J connectivity index is 1.51. The number of hydrogen-bond acceptors (Lipinski definition) is 4. The van der Waals surface area contributed by atoms with E-state index in [1.54, 1.807) is 11.3 Å². The van der Waals surface area contributed by atoms with Gasteiger partial charge in [0.25, 0.3) is 0 Å². The molecule has 0 saturated carbocycles. The van der Waals surface area contributed by atoms with Crippen LogP contribution < -0.4 is 10.6 Å². The molecule has 2 heterocycles. The Morgan fingerprint density at radius 2 is 1.75 bits per heavy atom. The Labute approximate surface area is 124 Å². The predicted molar refractivity (Wildman–Crippen MR) is 86.3 cm³/mol. The highest BCUT2D eigenvalue weighted by Crippen LogP contribution is 2.20. The molecule has 0 amide bonds. The molecule has 1 unspecified atom stereocenters. The van der Waals surface area contributed by atoms with Gasteiger partial charge in [-0.3, -0.25) is 4.90 Å². The number of para-hydroxylation sites is 1. The minimum atomic E-state index is 0.151. The van der Waals surface area contributed by atoms with Crippen LogP contribution in [0.4, 0.5) is 5.69 Å². The van der Waals surface area contributed by atoms with Gasteiger partial charge in [0.2, 0.25) is 0 Å². The summed E-state index contributed by atoms with van der Waals surface area (Å²) < 4.78 is 0. The van der Waals surface area contributed by atoms with Crippen LogP contribution in [-0.2, 0) is 0 Å². The van der Waals surface area contributed by atoms with E-state index in [0.29, 0.717) is 0 Å². The summed E-state index contributed by atoms with van der Waals surface area (Å²) in [7, 11) is 0. The van der Waals surface area contributed by atoms with Gasteiger partial charge in [-0.1, -0.05) is 24.3 Å². The largest absolute Gasteiger partial charge is 0.369 e. The zero-order valence-corrected chi connectivity index (χ0v) is 12.4. The lowest BCUT2D eigenvalue weighted by Gasteiger charge is -2.37. The number of anilines is 1. The van der Waals surface area contributed by atoms with E-state index in [9.17, 15) is 0 Å². The minimum absolute atomic E-state index is 0.151. The standard InChI is InChI=1S/C16H21N3S/c17-15(16-7-4-12-20-16)13-18-8-10-19(11-9-18)14-5-2-1-3-6-14/h1-7,12,15H,8-11,13,17H2. The molecule has 1 aliphatic rings. The molecule has 0 spiro atoms. The van der Waals surface area contributed by atoms with Crippen molar-refractivity contribution < 1.29 is 0 Å². The first-order valence-electron chi connectivity index (χ1n) is 7.14. The summed E-state index contributed by atoms with van der Waals surface area (Å²) in [6.07, 6.45) is 0. The van der Waals surface area contributed by atoms with E-state index in [-0.39, 0.29) is 6.04 Å². The minimum Gasteiger partial charge on any atom is -0.369 e. The van der Waals surface area contributed by atoms with Crippen LogP contribution in [0.25, 0.3) is 0 Å². The SMILES string of the molecule is NC(CN1CCN(c2ccccc2)CC1)c1cccs1. The van der Waals surface area contributed by atoms with Crippen molar-refractivity contribution >= 4 is 17.0 Å². The van der Waals surface area contributed by atoms with Crippen molar-refractivity contribution in [1.82, 2.24) is 4.90 Å². The van der Waals surface area contributed by atoms with Crippen LogP contribution >= 0.6 is 11.3 Å². The zero-order valence-electron chi connectivity index (χ0n) is 11.6. The maximum absolute atomic E-state index is 6.27. The van der Waals surface area contributed by atoms with E-state index in [0.717, 1.165) is 32.7 Å². The van der Waals surface area contributed by atoms with Crippen LogP contribution in [0.1, 0.15) is 10.9 Å². The van der Waals surface area contributed by atoms with E-state index in [1.807, 2.05) is 0 Å². The molecule has 0 radical (unpaired) electrons. The molecule has 1 aromatic carbocycles. The number of hydrogen-bond donors (Lipinski definition) is 1. The first-order valence-corrected chi connectivity index (χ1v) is 8.02. The maximum atomic E-state index is 6.27. The van der Waals surface area contributed by atoms with Crippen molar-refractivity contribution in [2.75, 3.05) is 37.6 Å². The molecule has 1 saturated heterocycles. The second-order valence-electron chi connectivity index (χ2n) is 5.25. The first-order chi connectivity index (χ1) is 9.83. The van der Waals surface area contributed by atoms with Gasteiger partial charge in [-0.15, -0.1) is 11.3 Å². The zero-order chi connectivity index (χ0) is 13.8. The number of nitrogens with two attached hydrogens (primary N) is 1. The van der Waals surface area contributed by atoms with Crippen LogP contribution in [0.15, 0.2) is 47.8 Å². The summed E-state index contributed by atoms with van der Waals surface area (Å²) in [6, 6.07) is 15.0. The number of thiophene rings is 1. The smallest absolute Gasteiger partial charge is 0.0519 e. The molecular formula is C16H21N3S. The molecule has 1 aliphatic heterocycles. The average Bonchev–Trinajstić information content (AvgIpc) is 3.03. The lowest BCUT2D eigenvalue weighted by atomic mass is 10.2. The first kappa shape index (κ1) is 13.6. The summed E-state index contributed by atoms with van der Waals surface area (Å²) in [4.78, 5) is 6.22. The van der Waals surface area contributed by atoms with Crippen LogP contribution in [0.2, 0.25) is 0 Å². The third-order valence-corrected chi connectivity index (χ3v) is 4.86. The Kier molecular flexibility index (Phi) is 4.35. The molecule has 0 aliphatic carbocycles. The van der Waals surface area contributed by atoms with Crippen LogP contribution in [0.3, 0.4) is 0 Å². The highest BCUT2D eigenvalue weighted by atomic mass is 32.1. The molecule has 106 valence electrons. The van der Waals surface area contributed by atoms with Crippen LogP contribution in [0, 0.1) is 0 Å². The van der Waals surface area contributed by atoms with Crippen molar-refractivity contribution in [3.8, 4) is 0 Å². The Bertz CT molecular complexity index is 504. The van der Waals surface area contributed by atoms with Crippen molar-refractivity contribution in [3.63, 3.8) is 0 Å². The van der Waals surface area contributed by atoms with Crippen molar-refractivity contribution in [2.45, 2.75) is 6.04 Å². The van der Waals surface area contributed by atoms with Gasteiger partial charge in [0.1, 0.15) is 0 Å². The molecule has 20 heavy (non-hydrogen) atoms. The highest BCUT2D eigenvalue weighted by Gasteiger charge is 2.19. The molecule has 0 bridgehead atoms. The summed E-state index contributed by atoms with van der Waals surface area (Å²) >= 11 is 1.75. The summed E-state index contributed by atoms with van der Waals surface area (Å²) in [5.41, 5.74) is 7.60. The molecule has 1 atom stereocenters. The fourth-order valence-electron chi connectivity index (χ4n) is 2.70. The summed E-state index contributed by atoms with van der Waals surface area (Å²) in [6.45, 7) is 5.31. The van der Waals surface area contributed by atoms with E-state index >= 15 is 0 Å². The topological polar surface area (TPSA) is 32.5 Å². The normalized spacial score (nSPS) is 18.1. The fourth-order valence-corrected chi connectivity index (χ4v) is 3.42. The lowest BCUT2D eigenvalue weighted by Crippen LogP contribution is -2.48. The predicted octanol–water partition coefficient (Wildman–Crippen LogP) is 2.57. The van der Waals surface area contributed by atoms with Gasteiger partial charge in [0.15, 0.2) is 0 Å². The number of benzene rings is 1. The van der Waals surface area contributed by atoms with Crippen LogP contribution in [-0.4, -0.2) is 37.6 Å². The Morgan fingerprint density at radius 1 is 1.00 bits per heavy atom. The van der Waals surface area contributed by atoms with Crippen molar-refractivity contribution in [3.05, 3.63) is 52.7 Å².